The Kier molecular flexibility index (Phi) is 1.77. The minimum absolute atomic E-state index is 0.0734. The van der Waals surface area contributed by atoms with Gasteiger partial charge in [-0.2, -0.15) is 0 Å². The maximum Gasteiger partial charge on any atom is 0.164 e. The van der Waals surface area contributed by atoms with Crippen molar-refractivity contribution < 1.29 is 9.53 Å². The van der Waals surface area contributed by atoms with E-state index in [4.69, 9.17) is 4.74 Å². The highest BCUT2D eigenvalue weighted by Crippen LogP contribution is 2.45. The van der Waals surface area contributed by atoms with Crippen LogP contribution in [0.1, 0.15) is 26.2 Å². The van der Waals surface area contributed by atoms with E-state index in [9.17, 15) is 4.79 Å². The van der Waals surface area contributed by atoms with Gasteiger partial charge < -0.3 is 9.64 Å². The Hall–Kier alpha value is -0.410. The van der Waals surface area contributed by atoms with E-state index in [1.54, 1.807) is 0 Å². The molecule has 2 bridgehead atoms. The highest BCUT2D eigenvalue weighted by atomic mass is 16.5. The zero-order valence-electron chi connectivity index (χ0n) is 8.66. The van der Waals surface area contributed by atoms with Crippen LogP contribution in [0.2, 0.25) is 0 Å². The summed E-state index contributed by atoms with van der Waals surface area (Å²) in [6.07, 6.45) is 2.64. The summed E-state index contributed by atoms with van der Waals surface area (Å²) in [6.45, 7) is 5.40. The van der Waals surface area contributed by atoms with Crippen molar-refractivity contribution in [1.82, 2.24) is 4.90 Å². The second kappa shape index (κ2) is 2.80. The van der Waals surface area contributed by atoms with Crippen LogP contribution in [-0.2, 0) is 9.53 Å². The van der Waals surface area contributed by atoms with Crippen molar-refractivity contribution in [2.75, 3.05) is 19.6 Å². The van der Waals surface area contributed by atoms with Crippen LogP contribution in [0.4, 0.5) is 0 Å². The summed E-state index contributed by atoms with van der Waals surface area (Å²) < 4.78 is 6.01. The Morgan fingerprint density at radius 2 is 2.50 bits per heavy atom. The van der Waals surface area contributed by atoms with Crippen molar-refractivity contribution >= 4 is 5.78 Å². The fraction of sp³-hybridized carbons (Fsp3) is 0.909. The third kappa shape index (κ3) is 1.03. The van der Waals surface area contributed by atoms with Crippen LogP contribution in [0, 0.1) is 5.92 Å². The van der Waals surface area contributed by atoms with Gasteiger partial charge in [0.25, 0.3) is 0 Å². The fourth-order valence-electron chi connectivity index (χ4n) is 3.36. The number of nitrogens with zero attached hydrogens (tertiary/aromatic N) is 1. The molecule has 78 valence electrons. The first kappa shape index (κ1) is 8.86. The molecular formula is C11H17NO2. The van der Waals surface area contributed by atoms with E-state index in [-0.39, 0.29) is 11.7 Å². The van der Waals surface area contributed by atoms with E-state index >= 15 is 0 Å². The molecule has 1 spiro atoms. The number of carbonyl (C=O) groups is 1. The number of hydrogen-bond acceptors (Lipinski definition) is 3. The summed E-state index contributed by atoms with van der Waals surface area (Å²) in [7, 11) is 0. The van der Waals surface area contributed by atoms with Crippen LogP contribution in [-0.4, -0.2) is 42.0 Å². The molecule has 3 aliphatic rings. The molecule has 0 aromatic carbocycles. The van der Waals surface area contributed by atoms with Crippen molar-refractivity contribution in [2.24, 2.45) is 5.92 Å². The van der Waals surface area contributed by atoms with Crippen LogP contribution in [0.25, 0.3) is 0 Å². The molecule has 0 aromatic heterocycles. The van der Waals surface area contributed by atoms with Gasteiger partial charge in [-0.05, 0) is 19.4 Å². The number of carbonyl (C=O) groups excluding carboxylic acids is 1. The average Bonchev–Trinajstić information content (AvgIpc) is 2.80. The van der Waals surface area contributed by atoms with Gasteiger partial charge in [0.2, 0.25) is 0 Å². The molecule has 3 heteroatoms. The summed E-state index contributed by atoms with van der Waals surface area (Å²) in [5.74, 6) is 0.962. The van der Waals surface area contributed by atoms with Crippen LogP contribution in [0.3, 0.4) is 0 Å². The predicted molar refractivity (Wildman–Crippen MR) is 52.1 cm³/mol. The zero-order valence-corrected chi connectivity index (χ0v) is 8.66. The number of piperidine rings is 1. The maximum atomic E-state index is 11.7. The number of hydrogen-bond donors (Lipinski definition) is 0. The van der Waals surface area contributed by atoms with Crippen LogP contribution in [0.15, 0.2) is 0 Å². The molecule has 3 fully saturated rings. The molecule has 3 rings (SSSR count). The number of ketones is 1. The van der Waals surface area contributed by atoms with Crippen LogP contribution >= 0.6 is 0 Å². The molecule has 0 amide bonds. The van der Waals surface area contributed by atoms with Crippen molar-refractivity contribution in [1.29, 1.82) is 0 Å². The zero-order chi connectivity index (χ0) is 9.76. The van der Waals surface area contributed by atoms with Crippen molar-refractivity contribution in [3.63, 3.8) is 0 Å². The fourth-order valence-corrected chi connectivity index (χ4v) is 3.36. The molecule has 3 heterocycles. The Morgan fingerprint density at radius 1 is 1.64 bits per heavy atom. The number of ether oxygens (including phenoxy) is 1. The highest BCUT2D eigenvalue weighted by Gasteiger charge is 2.57. The minimum atomic E-state index is -0.101. The van der Waals surface area contributed by atoms with Gasteiger partial charge in [0.05, 0.1) is 5.60 Å². The second-order valence-corrected chi connectivity index (χ2v) is 4.94. The highest BCUT2D eigenvalue weighted by molar-refractivity contribution is 5.86. The molecule has 0 radical (unpaired) electrons. The number of rotatable bonds is 1. The molecule has 0 saturated carbocycles. The Bertz CT molecular complexity index is 278. The monoisotopic (exact) mass is 195 g/mol. The smallest absolute Gasteiger partial charge is 0.164 e. The third-order valence-corrected chi connectivity index (χ3v) is 4.09. The molecule has 3 nitrogen and oxygen atoms in total. The van der Waals surface area contributed by atoms with Gasteiger partial charge in [-0.25, -0.2) is 0 Å². The van der Waals surface area contributed by atoms with E-state index < -0.39 is 0 Å². The molecule has 3 saturated heterocycles. The van der Waals surface area contributed by atoms with Gasteiger partial charge in [0.15, 0.2) is 5.78 Å². The lowest BCUT2D eigenvalue weighted by molar-refractivity contribution is -0.124. The number of fused-ring (bicyclic) bond motifs is 3. The average molecular weight is 195 g/mol. The summed E-state index contributed by atoms with van der Waals surface area (Å²) in [4.78, 5) is 14.1. The SMILES string of the molecule is CC[C@H]1O[C@@]2(CC1=O)CN1CCC2C1. The van der Waals surface area contributed by atoms with E-state index in [1.807, 2.05) is 6.92 Å². The lowest BCUT2D eigenvalue weighted by Gasteiger charge is -2.32. The Balaban J connectivity index is 1.83. The molecule has 0 aromatic rings. The third-order valence-electron chi connectivity index (χ3n) is 4.09. The van der Waals surface area contributed by atoms with Gasteiger partial charge in [-0.1, -0.05) is 6.92 Å². The summed E-state index contributed by atoms with van der Waals surface area (Å²) >= 11 is 0. The molecule has 14 heavy (non-hydrogen) atoms. The molecule has 0 aliphatic carbocycles. The molecular weight excluding hydrogens is 178 g/mol. The van der Waals surface area contributed by atoms with Crippen molar-refractivity contribution in [2.45, 2.75) is 37.9 Å². The van der Waals surface area contributed by atoms with E-state index in [1.165, 1.54) is 13.0 Å². The van der Waals surface area contributed by atoms with Gasteiger partial charge in [0, 0.05) is 25.4 Å². The summed E-state index contributed by atoms with van der Waals surface area (Å²) in [6, 6.07) is 0. The van der Waals surface area contributed by atoms with Crippen molar-refractivity contribution in [3.8, 4) is 0 Å². The lowest BCUT2D eigenvalue weighted by Crippen LogP contribution is -2.42. The summed E-state index contributed by atoms with van der Waals surface area (Å²) in [5.41, 5.74) is -0.0734. The summed E-state index contributed by atoms with van der Waals surface area (Å²) in [5, 5.41) is 0. The van der Waals surface area contributed by atoms with E-state index in [2.05, 4.69) is 4.90 Å². The first-order valence-corrected chi connectivity index (χ1v) is 5.66. The van der Waals surface area contributed by atoms with E-state index in [0.717, 1.165) is 19.5 Å². The Morgan fingerprint density at radius 3 is 3.00 bits per heavy atom. The lowest BCUT2D eigenvalue weighted by atomic mass is 9.85. The van der Waals surface area contributed by atoms with Gasteiger partial charge in [0.1, 0.15) is 6.10 Å². The van der Waals surface area contributed by atoms with Crippen molar-refractivity contribution in [3.05, 3.63) is 0 Å². The molecule has 4 atom stereocenters. The van der Waals surface area contributed by atoms with Gasteiger partial charge in [-0.15, -0.1) is 0 Å². The van der Waals surface area contributed by atoms with Gasteiger partial charge in [-0.3, -0.25) is 4.79 Å². The quantitative estimate of drug-likeness (QED) is 0.620. The first-order chi connectivity index (χ1) is 6.73. The molecule has 2 unspecified atom stereocenters. The minimum Gasteiger partial charge on any atom is -0.362 e. The second-order valence-electron chi connectivity index (χ2n) is 4.94. The van der Waals surface area contributed by atoms with Crippen LogP contribution < -0.4 is 0 Å². The first-order valence-electron chi connectivity index (χ1n) is 5.66. The maximum absolute atomic E-state index is 11.7. The standard InChI is InChI=1S/C11H17NO2/c1-2-10-9(13)5-11(14-10)7-12-4-3-8(11)6-12/h8,10H,2-7H2,1H3/t8?,10-,11+/m1/s1. The Labute approximate surface area is 84.4 Å². The predicted octanol–water partition coefficient (Wildman–Crippen LogP) is 0.829. The molecule has 0 N–H and O–H groups in total. The van der Waals surface area contributed by atoms with E-state index in [0.29, 0.717) is 18.1 Å². The van der Waals surface area contributed by atoms with Gasteiger partial charge >= 0.3 is 0 Å². The number of Topliss-reactive ketones (excluding diaryl/α,β-unsaturated/α-hetero) is 1. The van der Waals surface area contributed by atoms with Crippen LogP contribution in [0.5, 0.6) is 0 Å². The topological polar surface area (TPSA) is 29.5 Å². The largest absolute Gasteiger partial charge is 0.362 e. The normalized spacial score (nSPS) is 50.9. The molecule has 3 aliphatic heterocycles.